The van der Waals surface area contributed by atoms with Gasteiger partial charge >= 0.3 is 0 Å². The summed E-state index contributed by atoms with van der Waals surface area (Å²) in [6, 6.07) is 21.4. The lowest BCUT2D eigenvalue weighted by atomic mass is 10.1. The van der Waals surface area contributed by atoms with E-state index in [1.807, 2.05) is 66.7 Å². The number of pyridine rings is 1. The van der Waals surface area contributed by atoms with Crippen molar-refractivity contribution in [3.63, 3.8) is 0 Å². The molecule has 142 valence electrons. The number of nitrogens with zero attached hydrogens (tertiary/aromatic N) is 4. The number of amides is 1. The first-order valence-corrected chi connectivity index (χ1v) is 10.4. The molecule has 3 heterocycles. The van der Waals surface area contributed by atoms with Gasteiger partial charge < -0.3 is 0 Å². The predicted molar refractivity (Wildman–Crippen MR) is 116 cm³/mol. The van der Waals surface area contributed by atoms with Gasteiger partial charge in [-0.15, -0.1) is 0 Å². The summed E-state index contributed by atoms with van der Waals surface area (Å²) in [4.78, 5) is 28.6. The van der Waals surface area contributed by atoms with Gasteiger partial charge in [0.05, 0.1) is 5.69 Å². The summed E-state index contributed by atoms with van der Waals surface area (Å²) in [5.74, 6) is 1.40. The van der Waals surface area contributed by atoms with Crippen molar-refractivity contribution in [3.8, 4) is 0 Å². The highest BCUT2D eigenvalue weighted by atomic mass is 32.2. The zero-order valence-corrected chi connectivity index (χ0v) is 16.4. The van der Waals surface area contributed by atoms with Crippen LogP contribution < -0.4 is 0 Å². The third kappa shape index (κ3) is 3.47. The summed E-state index contributed by atoms with van der Waals surface area (Å²) in [6.45, 7) is 0. The Kier molecular flexibility index (Phi) is 4.69. The van der Waals surface area contributed by atoms with Gasteiger partial charge in [0.2, 0.25) is 0 Å². The molecule has 0 bridgehead atoms. The average Bonchev–Trinajstić information content (AvgIpc) is 3.10. The molecule has 0 N–H and O–H groups in total. The maximum Gasteiger partial charge on any atom is 0.259 e. The Morgan fingerprint density at radius 3 is 2.48 bits per heavy atom. The monoisotopic (exact) mass is 398 g/mol. The zero-order valence-electron chi connectivity index (χ0n) is 15.6. The fourth-order valence-electron chi connectivity index (χ4n) is 3.50. The minimum atomic E-state index is -0.426. The Bertz CT molecular complexity index is 1110. The van der Waals surface area contributed by atoms with Crippen LogP contribution in [-0.4, -0.2) is 32.8 Å². The number of aromatic nitrogens is 1. The molecule has 1 atom stereocenters. The van der Waals surface area contributed by atoms with Gasteiger partial charge in [-0.1, -0.05) is 54.2 Å². The Morgan fingerprint density at radius 2 is 1.66 bits per heavy atom. The van der Waals surface area contributed by atoms with Gasteiger partial charge in [0.25, 0.3) is 5.91 Å². The van der Waals surface area contributed by atoms with Crippen molar-refractivity contribution in [3.05, 3.63) is 95.8 Å². The number of fused-ring (bicyclic) bond motifs is 3. The maximum absolute atomic E-state index is 13.3. The van der Waals surface area contributed by atoms with E-state index in [-0.39, 0.29) is 5.91 Å². The third-order valence-electron chi connectivity index (χ3n) is 4.94. The molecule has 2 aliphatic rings. The highest BCUT2D eigenvalue weighted by Gasteiger charge is 2.41. The number of hydrogen-bond donors (Lipinski definition) is 0. The SMILES string of the molecule is O=C1C(Cc2ccccc2)N=C2c3ccccc3N=C(SCc3ccncc3)N12. The Labute approximate surface area is 173 Å². The number of amidine groups is 2. The fourth-order valence-corrected chi connectivity index (χ4v) is 4.45. The average molecular weight is 398 g/mol. The normalized spacial score (nSPS) is 17.4. The van der Waals surface area contributed by atoms with E-state index in [2.05, 4.69) is 4.98 Å². The molecule has 0 spiro atoms. The van der Waals surface area contributed by atoms with Crippen LogP contribution in [0.2, 0.25) is 0 Å². The summed E-state index contributed by atoms with van der Waals surface area (Å²) < 4.78 is 0. The van der Waals surface area contributed by atoms with Crippen LogP contribution in [0.3, 0.4) is 0 Å². The van der Waals surface area contributed by atoms with E-state index in [0.717, 1.165) is 22.4 Å². The highest BCUT2D eigenvalue weighted by molar-refractivity contribution is 8.13. The van der Waals surface area contributed by atoms with Crippen molar-refractivity contribution in [2.45, 2.75) is 18.2 Å². The first-order valence-electron chi connectivity index (χ1n) is 9.45. The summed E-state index contributed by atoms with van der Waals surface area (Å²) in [7, 11) is 0. The molecule has 0 saturated carbocycles. The van der Waals surface area contributed by atoms with Gasteiger partial charge in [0, 0.05) is 30.1 Å². The van der Waals surface area contributed by atoms with Crippen molar-refractivity contribution in [2.24, 2.45) is 9.98 Å². The Morgan fingerprint density at radius 1 is 0.897 bits per heavy atom. The topological polar surface area (TPSA) is 57.9 Å². The first kappa shape index (κ1) is 17.8. The molecule has 2 aliphatic heterocycles. The predicted octanol–water partition coefficient (Wildman–Crippen LogP) is 4.22. The van der Waals surface area contributed by atoms with Crippen LogP contribution in [0.25, 0.3) is 0 Å². The number of thioether (sulfide) groups is 1. The van der Waals surface area contributed by atoms with E-state index in [0.29, 0.717) is 23.2 Å². The molecule has 1 unspecified atom stereocenters. The molecule has 1 aromatic heterocycles. The second-order valence-corrected chi connectivity index (χ2v) is 7.83. The van der Waals surface area contributed by atoms with Crippen molar-refractivity contribution < 1.29 is 4.79 Å². The summed E-state index contributed by atoms with van der Waals surface area (Å²) in [6.07, 6.45) is 4.14. The maximum atomic E-state index is 13.3. The van der Waals surface area contributed by atoms with Crippen LogP contribution in [0.1, 0.15) is 16.7 Å². The van der Waals surface area contributed by atoms with Gasteiger partial charge in [-0.3, -0.25) is 14.8 Å². The van der Waals surface area contributed by atoms with Crippen LogP contribution in [0.5, 0.6) is 0 Å². The Hall–Kier alpha value is -3.25. The van der Waals surface area contributed by atoms with Gasteiger partial charge in [0.15, 0.2) is 5.17 Å². The number of carbonyl (C=O) groups is 1. The quantitative estimate of drug-likeness (QED) is 0.661. The number of carbonyl (C=O) groups excluding carboxylic acids is 1. The van der Waals surface area contributed by atoms with Crippen molar-refractivity contribution in [2.75, 3.05) is 0 Å². The number of hydrogen-bond acceptors (Lipinski definition) is 5. The molecule has 5 rings (SSSR count). The molecule has 2 aromatic carbocycles. The largest absolute Gasteiger partial charge is 0.271 e. The third-order valence-corrected chi connectivity index (χ3v) is 5.95. The summed E-state index contributed by atoms with van der Waals surface area (Å²) >= 11 is 1.55. The highest BCUT2D eigenvalue weighted by Crippen LogP contribution is 2.34. The summed E-state index contributed by atoms with van der Waals surface area (Å²) in [5, 5.41) is 0.680. The Balaban J connectivity index is 1.47. The minimum absolute atomic E-state index is 0.0145. The van der Waals surface area contributed by atoms with E-state index >= 15 is 0 Å². The molecule has 0 fully saturated rings. The number of aliphatic imine (C=N–C) groups is 2. The number of benzene rings is 2. The standard InChI is InChI=1S/C23H18N4OS/c28-22-20(14-16-6-2-1-3-7-16)25-21-18-8-4-5-9-19(18)26-23(27(21)22)29-15-17-10-12-24-13-11-17/h1-13,20H,14-15H2. The lowest BCUT2D eigenvalue weighted by Gasteiger charge is -2.25. The van der Waals surface area contributed by atoms with E-state index in [1.54, 1.807) is 29.1 Å². The molecule has 0 radical (unpaired) electrons. The second-order valence-electron chi connectivity index (χ2n) is 6.89. The lowest BCUT2D eigenvalue weighted by Crippen LogP contribution is -2.41. The molecule has 1 amide bonds. The molecule has 0 saturated heterocycles. The van der Waals surface area contributed by atoms with Crippen LogP contribution in [0.15, 0.2) is 89.1 Å². The van der Waals surface area contributed by atoms with Crippen molar-refractivity contribution >= 4 is 34.4 Å². The van der Waals surface area contributed by atoms with Crippen LogP contribution in [-0.2, 0) is 17.0 Å². The first-order chi connectivity index (χ1) is 14.3. The smallest absolute Gasteiger partial charge is 0.259 e. The van der Waals surface area contributed by atoms with Crippen molar-refractivity contribution in [1.82, 2.24) is 9.88 Å². The van der Waals surface area contributed by atoms with E-state index < -0.39 is 6.04 Å². The molecular formula is C23H18N4OS. The van der Waals surface area contributed by atoms with Crippen molar-refractivity contribution in [1.29, 1.82) is 0 Å². The van der Waals surface area contributed by atoms with Gasteiger partial charge in [0.1, 0.15) is 11.9 Å². The van der Waals surface area contributed by atoms with Crippen LogP contribution >= 0.6 is 11.8 Å². The van der Waals surface area contributed by atoms with E-state index in [9.17, 15) is 4.79 Å². The second kappa shape index (κ2) is 7.64. The molecule has 6 heteroatoms. The molecular weight excluding hydrogens is 380 g/mol. The van der Waals surface area contributed by atoms with E-state index in [4.69, 9.17) is 9.98 Å². The molecule has 3 aromatic rings. The summed E-state index contributed by atoms with van der Waals surface area (Å²) in [5.41, 5.74) is 4.00. The molecule has 29 heavy (non-hydrogen) atoms. The number of para-hydroxylation sites is 1. The fraction of sp³-hybridized carbons (Fsp3) is 0.130. The van der Waals surface area contributed by atoms with E-state index in [1.165, 1.54) is 0 Å². The minimum Gasteiger partial charge on any atom is -0.271 e. The van der Waals surface area contributed by atoms with Crippen LogP contribution in [0.4, 0.5) is 5.69 Å². The number of rotatable bonds is 4. The molecule has 5 nitrogen and oxygen atoms in total. The lowest BCUT2D eigenvalue weighted by molar-refractivity contribution is -0.124. The zero-order chi connectivity index (χ0) is 19.6. The molecule has 0 aliphatic carbocycles. The van der Waals surface area contributed by atoms with Crippen LogP contribution in [0, 0.1) is 0 Å². The van der Waals surface area contributed by atoms with Gasteiger partial charge in [-0.25, -0.2) is 9.89 Å². The van der Waals surface area contributed by atoms with Gasteiger partial charge in [-0.05, 0) is 35.4 Å². The van der Waals surface area contributed by atoms with Gasteiger partial charge in [-0.2, -0.15) is 0 Å².